The largest absolute Gasteiger partial charge is 0.357 e. The molecule has 20 heavy (non-hydrogen) atoms. The number of hydrogen-bond donors (Lipinski definition) is 5. The van der Waals surface area contributed by atoms with Crippen LogP contribution in [0.4, 0.5) is 0 Å². The Morgan fingerprint density at radius 2 is 1.10 bits per heavy atom. The van der Waals surface area contributed by atoms with Crippen molar-refractivity contribution in [3.63, 3.8) is 0 Å². The summed E-state index contributed by atoms with van der Waals surface area (Å²) >= 11 is 0. The monoisotopic (exact) mass is 329 g/mol. The number of rotatable bonds is 2. The molecule has 7 nitrogen and oxygen atoms in total. The van der Waals surface area contributed by atoms with Gasteiger partial charge < -0.3 is 19.6 Å². The van der Waals surface area contributed by atoms with Crippen molar-refractivity contribution in [2.24, 2.45) is 0 Å². The highest BCUT2D eigenvalue weighted by atomic mass is 31.2. The second-order valence-corrected chi connectivity index (χ2v) is 9.47. The van der Waals surface area contributed by atoms with Crippen molar-refractivity contribution in [2.75, 3.05) is 6.54 Å². The third kappa shape index (κ3) is 4.63. The van der Waals surface area contributed by atoms with Gasteiger partial charge in [-0.25, -0.2) is 0 Å². The van der Waals surface area contributed by atoms with Gasteiger partial charge in [0.15, 0.2) is 0 Å². The fourth-order valence-corrected chi connectivity index (χ4v) is 5.49. The molecule has 0 aliphatic carbocycles. The normalized spacial score (nSPS) is 23.6. The van der Waals surface area contributed by atoms with E-state index in [0.717, 1.165) is 38.5 Å². The van der Waals surface area contributed by atoms with Gasteiger partial charge in [0.1, 0.15) is 0 Å². The fraction of sp³-hybridized carbons (Fsp3) is 1.00. The molecule has 5 N–H and O–H groups in total. The van der Waals surface area contributed by atoms with Crippen LogP contribution in [0, 0.1) is 0 Å². The van der Waals surface area contributed by atoms with Crippen LogP contribution in [0.25, 0.3) is 0 Å². The van der Waals surface area contributed by atoms with Gasteiger partial charge in [-0.05, 0) is 19.4 Å². The van der Waals surface area contributed by atoms with Gasteiger partial charge in [-0.15, -0.1) is 0 Å². The van der Waals surface area contributed by atoms with Gasteiger partial charge >= 0.3 is 15.2 Å². The first-order valence-electron chi connectivity index (χ1n) is 7.07. The molecule has 0 atom stereocenters. The van der Waals surface area contributed by atoms with Crippen LogP contribution in [0.5, 0.6) is 0 Å². The van der Waals surface area contributed by atoms with Gasteiger partial charge in [-0.2, -0.15) is 0 Å². The summed E-state index contributed by atoms with van der Waals surface area (Å²) < 4.78 is 23.4. The summed E-state index contributed by atoms with van der Waals surface area (Å²) in [5, 5.41) is 0.0873. The van der Waals surface area contributed by atoms with Gasteiger partial charge in [-0.1, -0.05) is 44.9 Å². The zero-order valence-electron chi connectivity index (χ0n) is 11.6. The van der Waals surface area contributed by atoms with Gasteiger partial charge in [-0.3, -0.25) is 14.4 Å². The zero-order valence-corrected chi connectivity index (χ0v) is 13.4. The zero-order chi connectivity index (χ0) is 15.3. The summed E-state index contributed by atoms with van der Waals surface area (Å²) in [5.74, 6) is 0. The van der Waals surface area contributed by atoms with E-state index in [1.807, 2.05) is 0 Å². The predicted octanol–water partition coefficient (Wildman–Crippen LogP) is 2.11. The first-order chi connectivity index (χ1) is 9.21. The van der Waals surface area contributed by atoms with E-state index < -0.39 is 20.2 Å². The average Bonchev–Trinajstić information content (AvgIpc) is 2.26. The maximum absolute atomic E-state index is 11.7. The fourth-order valence-electron chi connectivity index (χ4n) is 2.60. The van der Waals surface area contributed by atoms with Crippen LogP contribution in [0.3, 0.4) is 0 Å². The van der Waals surface area contributed by atoms with Crippen LogP contribution >= 0.6 is 15.2 Å². The Morgan fingerprint density at radius 1 is 0.700 bits per heavy atom. The van der Waals surface area contributed by atoms with Crippen LogP contribution in [0.15, 0.2) is 0 Å². The van der Waals surface area contributed by atoms with Crippen molar-refractivity contribution in [2.45, 2.75) is 62.8 Å². The summed E-state index contributed by atoms with van der Waals surface area (Å²) in [5.41, 5.74) is 0. The van der Waals surface area contributed by atoms with Gasteiger partial charge in [0.2, 0.25) is 5.02 Å². The topological polar surface area (TPSA) is 127 Å². The van der Waals surface area contributed by atoms with Crippen LogP contribution in [-0.2, 0) is 9.13 Å². The lowest BCUT2D eigenvalue weighted by Gasteiger charge is -2.35. The molecule has 0 unspecified atom stereocenters. The molecule has 0 amide bonds. The van der Waals surface area contributed by atoms with E-state index >= 15 is 0 Å². The van der Waals surface area contributed by atoms with Crippen molar-refractivity contribution in [1.82, 2.24) is 5.32 Å². The van der Waals surface area contributed by atoms with Crippen molar-refractivity contribution < 1.29 is 28.7 Å². The molecule has 0 aromatic rings. The molecule has 0 radical (unpaired) electrons. The minimum atomic E-state index is -4.97. The summed E-state index contributed by atoms with van der Waals surface area (Å²) in [4.78, 5) is 38.0. The minimum absolute atomic E-state index is 0.205. The van der Waals surface area contributed by atoms with E-state index in [0.29, 0.717) is 12.8 Å². The Bertz CT molecular complexity index is 354. The van der Waals surface area contributed by atoms with Crippen molar-refractivity contribution in [3.05, 3.63) is 0 Å². The molecule has 9 heteroatoms. The predicted molar refractivity (Wildman–Crippen MR) is 76.4 cm³/mol. The van der Waals surface area contributed by atoms with Gasteiger partial charge in [0, 0.05) is 0 Å². The summed E-state index contributed by atoms with van der Waals surface area (Å²) in [7, 11) is -9.95. The molecule has 1 aliphatic rings. The third-order valence-electron chi connectivity index (χ3n) is 3.82. The molecule has 0 spiro atoms. The molecule has 0 aromatic carbocycles. The molecule has 120 valence electrons. The second kappa shape index (κ2) is 7.50. The molecular weight excluding hydrogens is 304 g/mol. The van der Waals surface area contributed by atoms with E-state index in [4.69, 9.17) is 0 Å². The summed E-state index contributed by atoms with van der Waals surface area (Å²) in [6.07, 6.45) is 6.63. The molecule has 1 fully saturated rings. The van der Waals surface area contributed by atoms with E-state index in [-0.39, 0.29) is 13.0 Å². The Balaban J connectivity index is 2.96. The Labute approximate surface area is 119 Å². The average molecular weight is 329 g/mol. The van der Waals surface area contributed by atoms with E-state index in [9.17, 15) is 28.7 Å². The molecule has 1 heterocycles. The first kappa shape index (κ1) is 18.3. The van der Waals surface area contributed by atoms with Gasteiger partial charge in [0.25, 0.3) is 0 Å². The van der Waals surface area contributed by atoms with Crippen LogP contribution in [-0.4, -0.2) is 31.1 Å². The van der Waals surface area contributed by atoms with Crippen molar-refractivity contribution in [3.8, 4) is 0 Å². The molecular formula is C11H25NO6P2. The quantitative estimate of drug-likeness (QED) is 0.491. The minimum Gasteiger partial charge on any atom is -0.323 e. The van der Waals surface area contributed by atoms with Crippen molar-refractivity contribution in [1.29, 1.82) is 0 Å². The third-order valence-corrected chi connectivity index (χ3v) is 8.08. The smallest absolute Gasteiger partial charge is 0.323 e. The Morgan fingerprint density at radius 3 is 1.55 bits per heavy atom. The first-order valence-corrected chi connectivity index (χ1v) is 10.3. The molecule has 0 saturated carbocycles. The van der Waals surface area contributed by atoms with E-state index in [2.05, 4.69) is 5.32 Å². The molecule has 0 bridgehead atoms. The lowest BCUT2D eigenvalue weighted by Crippen LogP contribution is -2.45. The molecule has 1 rings (SSSR count). The van der Waals surface area contributed by atoms with Gasteiger partial charge in [0.05, 0.1) is 0 Å². The van der Waals surface area contributed by atoms with Crippen LogP contribution in [0.2, 0.25) is 0 Å². The Hall–Kier alpha value is 0.260. The second-order valence-electron chi connectivity index (χ2n) is 5.41. The lowest BCUT2D eigenvalue weighted by atomic mass is 10.1. The lowest BCUT2D eigenvalue weighted by molar-refractivity contribution is 0.275. The molecule has 1 aliphatic heterocycles. The Kier molecular flexibility index (Phi) is 6.87. The van der Waals surface area contributed by atoms with Crippen molar-refractivity contribution >= 4 is 15.2 Å². The molecule has 1 saturated heterocycles. The summed E-state index contributed by atoms with van der Waals surface area (Å²) in [6.45, 7) is 0.205. The van der Waals surface area contributed by atoms with E-state index in [1.165, 1.54) is 0 Å². The molecule has 0 aromatic heterocycles. The van der Waals surface area contributed by atoms with Crippen LogP contribution < -0.4 is 5.32 Å². The van der Waals surface area contributed by atoms with Crippen LogP contribution in [0.1, 0.15) is 57.8 Å². The highest BCUT2D eigenvalue weighted by Gasteiger charge is 2.59. The maximum Gasteiger partial charge on any atom is 0.357 e. The highest BCUT2D eigenvalue weighted by molar-refractivity contribution is 7.72. The standard InChI is InChI=1S/C11H25NO6P2/c13-19(14,15)11(20(16,17)18)9-7-5-3-1-2-4-6-8-10-12-11/h12H,1-10H2,(H2,13,14,15)(H2,16,17,18). The summed E-state index contributed by atoms with van der Waals surface area (Å²) in [6, 6.07) is 0. The highest BCUT2D eigenvalue weighted by Crippen LogP contribution is 2.69. The maximum atomic E-state index is 11.7. The number of nitrogens with one attached hydrogen (secondary N) is 1. The van der Waals surface area contributed by atoms with E-state index in [1.54, 1.807) is 0 Å². The SMILES string of the molecule is O=P(O)(O)C1(P(=O)(O)O)CCCCCCCCCCN1. The number of hydrogen-bond acceptors (Lipinski definition) is 3.